The third-order valence-electron chi connectivity index (χ3n) is 3.00. The van der Waals surface area contributed by atoms with E-state index in [1.54, 1.807) is 19.2 Å². The molecule has 0 saturated carbocycles. The molecule has 0 fully saturated rings. The summed E-state index contributed by atoms with van der Waals surface area (Å²) in [6.07, 6.45) is 0. The summed E-state index contributed by atoms with van der Waals surface area (Å²) >= 11 is 0. The molecule has 0 aromatic heterocycles. The monoisotopic (exact) mass is 281 g/mol. The quantitative estimate of drug-likeness (QED) is 0.567. The fourth-order valence-electron chi connectivity index (χ4n) is 2.12. The van der Waals surface area contributed by atoms with Crippen LogP contribution in [-0.2, 0) is 11.3 Å². The van der Waals surface area contributed by atoms with E-state index in [2.05, 4.69) is 18.7 Å². The van der Waals surface area contributed by atoms with Crippen molar-refractivity contribution in [3.63, 3.8) is 0 Å². The van der Waals surface area contributed by atoms with Crippen LogP contribution in [0.1, 0.15) is 25.0 Å². The molecule has 0 amide bonds. The zero-order valence-corrected chi connectivity index (χ0v) is 12.4. The molecule has 0 spiro atoms. The number of ether oxygens (including phenoxy) is 1. The predicted octanol–water partition coefficient (Wildman–Crippen LogP) is 2.21. The lowest BCUT2D eigenvalue weighted by Gasteiger charge is -2.24. The highest BCUT2D eigenvalue weighted by atomic mass is 19.1. The minimum atomic E-state index is -0.397. The van der Waals surface area contributed by atoms with Crippen molar-refractivity contribution < 1.29 is 9.13 Å². The number of nitrogens with one attached hydrogen (secondary N) is 1. The average molecular weight is 281 g/mol. The SMILES string of the molecule is COCCN(Cc1cccc(C(=N)N)c1F)CC(C)C. The van der Waals surface area contributed by atoms with Gasteiger partial charge in [0.1, 0.15) is 11.7 Å². The Morgan fingerprint density at radius 3 is 2.70 bits per heavy atom. The molecule has 0 aliphatic heterocycles. The molecular formula is C15H24FN3O. The summed E-state index contributed by atoms with van der Waals surface area (Å²) in [5, 5.41) is 7.38. The Morgan fingerprint density at radius 2 is 2.15 bits per heavy atom. The summed E-state index contributed by atoms with van der Waals surface area (Å²) in [6.45, 7) is 6.98. The number of methoxy groups -OCH3 is 1. The molecule has 0 aliphatic carbocycles. The van der Waals surface area contributed by atoms with Gasteiger partial charge in [0.2, 0.25) is 0 Å². The number of nitrogens with zero attached hydrogens (tertiary/aromatic N) is 1. The highest BCUT2D eigenvalue weighted by Crippen LogP contribution is 2.15. The summed E-state index contributed by atoms with van der Waals surface area (Å²) in [7, 11) is 1.66. The third-order valence-corrected chi connectivity index (χ3v) is 3.00. The Labute approximate surface area is 120 Å². The van der Waals surface area contributed by atoms with Crippen molar-refractivity contribution in [2.75, 3.05) is 26.8 Å². The molecule has 4 nitrogen and oxygen atoms in total. The van der Waals surface area contributed by atoms with Gasteiger partial charge in [-0.05, 0) is 12.0 Å². The first-order valence-electron chi connectivity index (χ1n) is 6.78. The number of nitrogens with two attached hydrogens (primary N) is 1. The molecular weight excluding hydrogens is 257 g/mol. The lowest BCUT2D eigenvalue weighted by molar-refractivity contribution is 0.135. The summed E-state index contributed by atoms with van der Waals surface area (Å²) in [6, 6.07) is 5.00. The maximum atomic E-state index is 14.3. The van der Waals surface area contributed by atoms with E-state index in [1.807, 2.05) is 0 Å². The van der Waals surface area contributed by atoms with Crippen LogP contribution in [0.4, 0.5) is 4.39 Å². The van der Waals surface area contributed by atoms with Gasteiger partial charge >= 0.3 is 0 Å². The van der Waals surface area contributed by atoms with Gasteiger partial charge in [-0.15, -0.1) is 0 Å². The van der Waals surface area contributed by atoms with Crippen LogP contribution in [0, 0.1) is 17.1 Å². The summed E-state index contributed by atoms with van der Waals surface area (Å²) in [5.74, 6) is -0.145. The molecule has 0 aliphatic rings. The normalized spacial score (nSPS) is 11.3. The van der Waals surface area contributed by atoms with E-state index in [0.29, 0.717) is 24.6 Å². The van der Waals surface area contributed by atoms with Gasteiger partial charge in [-0.2, -0.15) is 0 Å². The molecule has 1 aromatic carbocycles. The number of halogens is 1. The minimum Gasteiger partial charge on any atom is -0.384 e. The number of hydrogen-bond donors (Lipinski definition) is 2. The Hall–Kier alpha value is -1.46. The van der Waals surface area contributed by atoms with Crippen LogP contribution in [0.3, 0.4) is 0 Å². The van der Waals surface area contributed by atoms with Crippen molar-refractivity contribution in [3.8, 4) is 0 Å². The van der Waals surface area contributed by atoms with Crippen LogP contribution >= 0.6 is 0 Å². The molecule has 0 bridgehead atoms. The van der Waals surface area contributed by atoms with E-state index in [4.69, 9.17) is 15.9 Å². The van der Waals surface area contributed by atoms with E-state index in [-0.39, 0.29) is 11.4 Å². The molecule has 5 heteroatoms. The smallest absolute Gasteiger partial charge is 0.138 e. The highest BCUT2D eigenvalue weighted by molar-refractivity contribution is 5.95. The van der Waals surface area contributed by atoms with Gasteiger partial charge in [0.15, 0.2) is 0 Å². The summed E-state index contributed by atoms with van der Waals surface area (Å²) in [5.41, 5.74) is 6.11. The lowest BCUT2D eigenvalue weighted by atomic mass is 10.1. The molecule has 3 N–H and O–H groups in total. The maximum Gasteiger partial charge on any atom is 0.138 e. The van der Waals surface area contributed by atoms with E-state index >= 15 is 0 Å². The van der Waals surface area contributed by atoms with Gasteiger partial charge in [0, 0.05) is 32.3 Å². The van der Waals surface area contributed by atoms with E-state index in [9.17, 15) is 4.39 Å². The maximum absolute atomic E-state index is 14.3. The average Bonchev–Trinajstić information content (AvgIpc) is 2.37. The molecule has 0 unspecified atom stereocenters. The summed E-state index contributed by atoms with van der Waals surface area (Å²) < 4.78 is 19.4. The fraction of sp³-hybridized carbons (Fsp3) is 0.533. The molecule has 1 aromatic rings. The second-order valence-electron chi connectivity index (χ2n) is 5.31. The van der Waals surface area contributed by atoms with Crippen molar-refractivity contribution in [2.45, 2.75) is 20.4 Å². The predicted molar refractivity (Wildman–Crippen MR) is 79.4 cm³/mol. The molecule has 20 heavy (non-hydrogen) atoms. The zero-order chi connectivity index (χ0) is 15.1. The van der Waals surface area contributed by atoms with Crippen LogP contribution in [0.5, 0.6) is 0 Å². The van der Waals surface area contributed by atoms with Gasteiger partial charge in [0.05, 0.1) is 12.2 Å². The Balaban J connectivity index is 2.87. The number of rotatable bonds is 8. The first-order valence-corrected chi connectivity index (χ1v) is 6.78. The zero-order valence-electron chi connectivity index (χ0n) is 12.4. The molecule has 0 atom stereocenters. The largest absolute Gasteiger partial charge is 0.384 e. The third kappa shape index (κ3) is 4.90. The Bertz CT molecular complexity index is 449. The molecule has 1 rings (SSSR count). The fourth-order valence-corrected chi connectivity index (χ4v) is 2.12. The van der Waals surface area contributed by atoms with Gasteiger partial charge in [-0.25, -0.2) is 4.39 Å². The standard InChI is InChI=1S/C15H24FN3O/c1-11(2)9-19(7-8-20-3)10-12-5-4-6-13(14(12)16)15(17)18/h4-6,11H,7-10H2,1-3H3,(H3,17,18). The van der Waals surface area contributed by atoms with Crippen LogP contribution in [0.2, 0.25) is 0 Å². The van der Waals surface area contributed by atoms with Crippen molar-refractivity contribution in [2.24, 2.45) is 11.7 Å². The molecule has 0 heterocycles. The van der Waals surface area contributed by atoms with Crippen LogP contribution in [-0.4, -0.2) is 37.5 Å². The van der Waals surface area contributed by atoms with E-state index < -0.39 is 5.82 Å². The second kappa shape index (κ2) is 7.97. The lowest BCUT2D eigenvalue weighted by Crippen LogP contribution is -2.31. The topological polar surface area (TPSA) is 62.3 Å². The van der Waals surface area contributed by atoms with Gasteiger partial charge < -0.3 is 10.5 Å². The van der Waals surface area contributed by atoms with Gasteiger partial charge in [0.25, 0.3) is 0 Å². The van der Waals surface area contributed by atoms with Crippen molar-refractivity contribution in [3.05, 3.63) is 35.1 Å². The first-order chi connectivity index (χ1) is 9.45. The van der Waals surface area contributed by atoms with Crippen molar-refractivity contribution in [1.29, 1.82) is 5.41 Å². The van der Waals surface area contributed by atoms with Crippen molar-refractivity contribution in [1.82, 2.24) is 4.90 Å². The Kier molecular flexibility index (Phi) is 6.61. The Morgan fingerprint density at radius 1 is 1.45 bits per heavy atom. The first kappa shape index (κ1) is 16.6. The number of benzene rings is 1. The molecule has 0 saturated heterocycles. The van der Waals surface area contributed by atoms with Gasteiger partial charge in [-0.1, -0.05) is 26.0 Å². The number of amidine groups is 1. The van der Waals surface area contributed by atoms with Crippen LogP contribution in [0.15, 0.2) is 18.2 Å². The molecule has 112 valence electrons. The number of nitrogen functional groups attached to an aromatic ring is 1. The van der Waals surface area contributed by atoms with Crippen LogP contribution in [0.25, 0.3) is 0 Å². The van der Waals surface area contributed by atoms with Crippen molar-refractivity contribution >= 4 is 5.84 Å². The molecule has 0 radical (unpaired) electrons. The summed E-state index contributed by atoms with van der Waals surface area (Å²) in [4.78, 5) is 2.15. The van der Waals surface area contributed by atoms with Gasteiger partial charge in [-0.3, -0.25) is 10.3 Å². The second-order valence-corrected chi connectivity index (χ2v) is 5.31. The minimum absolute atomic E-state index is 0.165. The van der Waals surface area contributed by atoms with E-state index in [0.717, 1.165) is 13.1 Å². The van der Waals surface area contributed by atoms with E-state index in [1.165, 1.54) is 6.07 Å². The number of hydrogen-bond acceptors (Lipinski definition) is 3. The van der Waals surface area contributed by atoms with Crippen LogP contribution < -0.4 is 5.73 Å². The highest BCUT2D eigenvalue weighted by Gasteiger charge is 2.14.